The third-order valence-corrected chi connectivity index (χ3v) is 1.77. The van der Waals surface area contributed by atoms with Crippen molar-refractivity contribution in [1.82, 2.24) is 4.90 Å². The fourth-order valence-corrected chi connectivity index (χ4v) is 1.31. The molecule has 0 amide bonds. The predicted octanol–water partition coefficient (Wildman–Crippen LogP) is 0.644. The smallest absolute Gasteiger partial charge is 0.306 e. The van der Waals surface area contributed by atoms with E-state index in [2.05, 4.69) is 0 Å². The van der Waals surface area contributed by atoms with Crippen molar-refractivity contribution in [3.8, 4) is 0 Å². The Labute approximate surface area is 67.3 Å². The molecule has 0 aromatic heterocycles. The number of likely N-dealkylation sites (N-methyl/N-ethyl adjacent to an activating group) is 1. The molecule has 0 N–H and O–H groups in total. The number of esters is 1. The molecule has 11 heavy (non-hydrogen) atoms. The van der Waals surface area contributed by atoms with Crippen LogP contribution in [0.2, 0.25) is 0 Å². The van der Waals surface area contributed by atoms with Gasteiger partial charge in [-0.15, -0.1) is 0 Å². The standard InChI is InChI=1S/C8H15NO2/c1-9(2)6-7-4-3-5-8(10)11-7/h7H,3-6H2,1-2H3. The Balaban J connectivity index is 2.28. The Hall–Kier alpha value is -0.570. The van der Waals surface area contributed by atoms with Crippen LogP contribution in [0.15, 0.2) is 0 Å². The van der Waals surface area contributed by atoms with E-state index in [1.54, 1.807) is 0 Å². The number of cyclic esters (lactones) is 1. The number of carbonyl (C=O) groups is 1. The molecule has 1 heterocycles. The summed E-state index contributed by atoms with van der Waals surface area (Å²) in [5, 5.41) is 0. The van der Waals surface area contributed by atoms with Gasteiger partial charge in [-0.05, 0) is 26.9 Å². The van der Waals surface area contributed by atoms with Crippen LogP contribution in [0.3, 0.4) is 0 Å². The maximum Gasteiger partial charge on any atom is 0.306 e. The van der Waals surface area contributed by atoms with Crippen LogP contribution in [0.5, 0.6) is 0 Å². The average Bonchev–Trinajstić information content (AvgIpc) is 1.85. The summed E-state index contributed by atoms with van der Waals surface area (Å²) >= 11 is 0. The highest BCUT2D eigenvalue weighted by Crippen LogP contribution is 2.13. The first-order valence-corrected chi connectivity index (χ1v) is 4.02. The SMILES string of the molecule is CN(C)CC1CCCC(=O)O1. The molecule has 1 unspecified atom stereocenters. The summed E-state index contributed by atoms with van der Waals surface area (Å²) in [6.07, 6.45) is 2.73. The van der Waals surface area contributed by atoms with Gasteiger partial charge in [0, 0.05) is 13.0 Å². The number of hydrogen-bond acceptors (Lipinski definition) is 3. The zero-order valence-corrected chi connectivity index (χ0v) is 7.17. The molecule has 1 aliphatic rings. The molecule has 1 aliphatic heterocycles. The monoisotopic (exact) mass is 157 g/mol. The van der Waals surface area contributed by atoms with Crippen LogP contribution in [0, 0.1) is 0 Å². The Morgan fingerprint density at radius 2 is 2.36 bits per heavy atom. The fraction of sp³-hybridized carbons (Fsp3) is 0.875. The second kappa shape index (κ2) is 3.72. The van der Waals surface area contributed by atoms with Gasteiger partial charge in [-0.25, -0.2) is 0 Å². The number of hydrogen-bond donors (Lipinski definition) is 0. The molecule has 3 heteroatoms. The van der Waals surface area contributed by atoms with Crippen molar-refractivity contribution < 1.29 is 9.53 Å². The van der Waals surface area contributed by atoms with Gasteiger partial charge in [0.25, 0.3) is 0 Å². The Bertz CT molecular complexity index is 145. The third-order valence-electron chi connectivity index (χ3n) is 1.77. The maximum atomic E-state index is 10.8. The second-order valence-corrected chi connectivity index (χ2v) is 3.27. The first kappa shape index (κ1) is 8.53. The van der Waals surface area contributed by atoms with Gasteiger partial charge < -0.3 is 9.64 Å². The summed E-state index contributed by atoms with van der Waals surface area (Å²) in [4.78, 5) is 12.9. The van der Waals surface area contributed by atoms with Crippen molar-refractivity contribution in [1.29, 1.82) is 0 Å². The number of nitrogens with zero attached hydrogens (tertiary/aromatic N) is 1. The summed E-state index contributed by atoms with van der Waals surface area (Å²) < 4.78 is 5.12. The van der Waals surface area contributed by atoms with Gasteiger partial charge in [-0.2, -0.15) is 0 Å². The van der Waals surface area contributed by atoms with Crippen LogP contribution >= 0.6 is 0 Å². The van der Waals surface area contributed by atoms with Crippen molar-refractivity contribution in [3.05, 3.63) is 0 Å². The first-order valence-electron chi connectivity index (χ1n) is 4.02. The van der Waals surface area contributed by atoms with E-state index in [9.17, 15) is 4.79 Å². The van der Waals surface area contributed by atoms with Gasteiger partial charge in [0.1, 0.15) is 6.10 Å². The van der Waals surface area contributed by atoms with Crippen molar-refractivity contribution in [2.45, 2.75) is 25.4 Å². The van der Waals surface area contributed by atoms with Gasteiger partial charge in [0.05, 0.1) is 0 Å². The van der Waals surface area contributed by atoms with Crippen LogP contribution in [0.25, 0.3) is 0 Å². The minimum Gasteiger partial charge on any atom is -0.461 e. The van der Waals surface area contributed by atoms with E-state index in [0.717, 1.165) is 19.4 Å². The molecular formula is C8H15NO2. The van der Waals surface area contributed by atoms with Crippen LogP contribution < -0.4 is 0 Å². The predicted molar refractivity (Wildman–Crippen MR) is 42.3 cm³/mol. The third kappa shape index (κ3) is 2.89. The minimum absolute atomic E-state index is 0.0388. The molecule has 1 rings (SSSR count). The molecule has 0 bridgehead atoms. The Morgan fingerprint density at radius 1 is 1.64 bits per heavy atom. The van der Waals surface area contributed by atoms with E-state index in [-0.39, 0.29) is 12.1 Å². The molecule has 0 aromatic rings. The van der Waals surface area contributed by atoms with Gasteiger partial charge in [0.15, 0.2) is 0 Å². The zero-order chi connectivity index (χ0) is 8.27. The number of ether oxygens (including phenoxy) is 1. The van der Waals surface area contributed by atoms with E-state index < -0.39 is 0 Å². The molecule has 0 saturated carbocycles. The minimum atomic E-state index is -0.0388. The second-order valence-electron chi connectivity index (χ2n) is 3.27. The highest BCUT2D eigenvalue weighted by molar-refractivity contribution is 5.70. The summed E-state index contributed by atoms with van der Waals surface area (Å²) in [6, 6.07) is 0. The molecule has 64 valence electrons. The van der Waals surface area contributed by atoms with Crippen molar-refractivity contribution >= 4 is 5.97 Å². The van der Waals surface area contributed by atoms with Crippen LogP contribution in [0.1, 0.15) is 19.3 Å². The Kier molecular flexibility index (Phi) is 2.88. The average molecular weight is 157 g/mol. The molecule has 3 nitrogen and oxygen atoms in total. The van der Waals surface area contributed by atoms with Crippen LogP contribution in [-0.2, 0) is 9.53 Å². The largest absolute Gasteiger partial charge is 0.461 e. The molecule has 1 fully saturated rings. The Morgan fingerprint density at radius 3 is 2.91 bits per heavy atom. The fourth-order valence-electron chi connectivity index (χ4n) is 1.31. The van der Waals surface area contributed by atoms with Gasteiger partial charge in [-0.1, -0.05) is 0 Å². The van der Waals surface area contributed by atoms with E-state index in [4.69, 9.17) is 4.74 Å². The summed E-state index contributed by atoms with van der Waals surface area (Å²) in [5.41, 5.74) is 0. The highest BCUT2D eigenvalue weighted by atomic mass is 16.5. The highest BCUT2D eigenvalue weighted by Gasteiger charge is 2.20. The molecule has 0 aliphatic carbocycles. The van der Waals surface area contributed by atoms with Crippen LogP contribution in [0.4, 0.5) is 0 Å². The van der Waals surface area contributed by atoms with Crippen molar-refractivity contribution in [2.75, 3.05) is 20.6 Å². The van der Waals surface area contributed by atoms with Crippen molar-refractivity contribution in [3.63, 3.8) is 0 Å². The molecule has 1 saturated heterocycles. The lowest BCUT2D eigenvalue weighted by Crippen LogP contribution is -2.33. The number of carbonyl (C=O) groups excluding carboxylic acids is 1. The van der Waals surface area contributed by atoms with E-state index in [1.807, 2.05) is 19.0 Å². The normalized spacial score (nSPS) is 25.4. The lowest BCUT2D eigenvalue weighted by molar-refractivity contribution is -0.154. The topological polar surface area (TPSA) is 29.5 Å². The van der Waals surface area contributed by atoms with Crippen molar-refractivity contribution in [2.24, 2.45) is 0 Å². The van der Waals surface area contributed by atoms with Gasteiger partial charge >= 0.3 is 5.97 Å². The molecule has 0 spiro atoms. The molecule has 0 aromatic carbocycles. The first-order chi connectivity index (χ1) is 5.18. The number of rotatable bonds is 2. The van der Waals surface area contributed by atoms with E-state index in [1.165, 1.54) is 0 Å². The molecule has 1 atom stereocenters. The summed E-state index contributed by atoms with van der Waals surface area (Å²) in [5.74, 6) is -0.0388. The quantitative estimate of drug-likeness (QED) is 0.551. The van der Waals surface area contributed by atoms with E-state index >= 15 is 0 Å². The summed E-state index contributed by atoms with van der Waals surface area (Å²) in [7, 11) is 3.98. The lowest BCUT2D eigenvalue weighted by Gasteiger charge is -2.24. The van der Waals surface area contributed by atoms with Crippen LogP contribution in [-0.4, -0.2) is 37.6 Å². The maximum absolute atomic E-state index is 10.8. The lowest BCUT2D eigenvalue weighted by atomic mass is 10.1. The zero-order valence-electron chi connectivity index (χ0n) is 7.17. The molecule has 0 radical (unpaired) electrons. The molecular weight excluding hydrogens is 142 g/mol. The van der Waals surface area contributed by atoms with E-state index in [0.29, 0.717) is 6.42 Å². The summed E-state index contributed by atoms with van der Waals surface area (Å²) in [6.45, 7) is 0.853. The van der Waals surface area contributed by atoms with Gasteiger partial charge in [-0.3, -0.25) is 4.79 Å². The van der Waals surface area contributed by atoms with Gasteiger partial charge in [0.2, 0.25) is 0 Å².